The second-order valence-electron chi connectivity index (χ2n) is 1.41. The maximum absolute atomic E-state index is 10.0. The second kappa shape index (κ2) is 4.91. The van der Waals surface area contributed by atoms with Crippen molar-refractivity contribution in [3.05, 3.63) is 11.6 Å². The van der Waals surface area contributed by atoms with Gasteiger partial charge in [-0.05, 0) is 18.8 Å². The van der Waals surface area contributed by atoms with E-state index in [0.717, 1.165) is 17.6 Å². The molecule has 0 fully saturated rings. The lowest BCUT2D eigenvalue weighted by Crippen LogP contribution is -1.85. The summed E-state index contributed by atoms with van der Waals surface area (Å²) in [5.41, 5.74) is 0.873. The summed E-state index contributed by atoms with van der Waals surface area (Å²) >= 11 is 1.66. The largest absolute Gasteiger partial charge is 0.298 e. The standard InChI is InChI=1S/C6H10OS/c1-3-6(4-7)5-8-2/h3-4H,5H2,1-2H3/b6-3-. The van der Waals surface area contributed by atoms with E-state index in [1.54, 1.807) is 11.8 Å². The normalized spacial score (nSPS) is 11.5. The maximum atomic E-state index is 10.0. The lowest BCUT2D eigenvalue weighted by atomic mass is 10.3. The molecule has 0 radical (unpaired) electrons. The van der Waals surface area contributed by atoms with Gasteiger partial charge in [-0.2, -0.15) is 11.8 Å². The van der Waals surface area contributed by atoms with Crippen LogP contribution in [0.3, 0.4) is 0 Å². The van der Waals surface area contributed by atoms with Gasteiger partial charge in [0.2, 0.25) is 0 Å². The van der Waals surface area contributed by atoms with Crippen LogP contribution in [0.15, 0.2) is 11.6 Å². The molecule has 8 heavy (non-hydrogen) atoms. The molecule has 1 nitrogen and oxygen atoms in total. The highest BCUT2D eigenvalue weighted by molar-refractivity contribution is 7.98. The Hall–Kier alpha value is -0.240. The molecule has 0 aliphatic heterocycles. The van der Waals surface area contributed by atoms with Crippen LogP contribution in [0.5, 0.6) is 0 Å². The molecule has 0 spiro atoms. The SMILES string of the molecule is C/C=C(/C=O)CSC. The van der Waals surface area contributed by atoms with Gasteiger partial charge in [0, 0.05) is 5.75 Å². The molecular formula is C6H10OS. The molecular weight excluding hydrogens is 120 g/mol. The number of hydrogen-bond acceptors (Lipinski definition) is 2. The molecule has 0 rings (SSSR count). The molecule has 46 valence electrons. The van der Waals surface area contributed by atoms with Crippen molar-refractivity contribution in [3.63, 3.8) is 0 Å². The Bertz CT molecular complexity index is 96.7. The smallest absolute Gasteiger partial charge is 0.146 e. The number of carbonyl (C=O) groups excluding carboxylic acids is 1. The van der Waals surface area contributed by atoms with Gasteiger partial charge in [0.05, 0.1) is 0 Å². The number of hydrogen-bond donors (Lipinski definition) is 0. The van der Waals surface area contributed by atoms with Gasteiger partial charge >= 0.3 is 0 Å². The number of carbonyl (C=O) groups is 1. The van der Waals surface area contributed by atoms with Crippen molar-refractivity contribution < 1.29 is 4.79 Å². The third kappa shape index (κ3) is 2.86. The molecule has 0 aliphatic rings. The topological polar surface area (TPSA) is 17.1 Å². The van der Waals surface area contributed by atoms with Crippen molar-refractivity contribution in [2.24, 2.45) is 0 Å². The molecule has 0 unspecified atom stereocenters. The fourth-order valence-corrected chi connectivity index (χ4v) is 0.920. The Kier molecular flexibility index (Phi) is 4.76. The first kappa shape index (κ1) is 7.76. The molecule has 0 atom stereocenters. The van der Waals surface area contributed by atoms with Gasteiger partial charge in [-0.15, -0.1) is 0 Å². The summed E-state index contributed by atoms with van der Waals surface area (Å²) < 4.78 is 0. The fraction of sp³-hybridized carbons (Fsp3) is 0.500. The van der Waals surface area contributed by atoms with Crippen molar-refractivity contribution in [1.29, 1.82) is 0 Å². The van der Waals surface area contributed by atoms with Crippen LogP contribution in [-0.2, 0) is 4.79 Å². The summed E-state index contributed by atoms with van der Waals surface area (Å²) in [4.78, 5) is 10.0. The zero-order valence-corrected chi connectivity index (χ0v) is 5.99. The van der Waals surface area contributed by atoms with E-state index in [1.165, 1.54) is 0 Å². The van der Waals surface area contributed by atoms with Crippen molar-refractivity contribution in [3.8, 4) is 0 Å². The van der Waals surface area contributed by atoms with Gasteiger partial charge in [0.25, 0.3) is 0 Å². The third-order valence-electron chi connectivity index (χ3n) is 0.833. The van der Waals surface area contributed by atoms with Crippen LogP contribution in [0, 0.1) is 0 Å². The number of thioether (sulfide) groups is 1. The lowest BCUT2D eigenvalue weighted by Gasteiger charge is -1.89. The molecule has 0 aliphatic carbocycles. The van der Waals surface area contributed by atoms with Crippen LogP contribution in [0.1, 0.15) is 6.92 Å². The lowest BCUT2D eigenvalue weighted by molar-refractivity contribution is -0.104. The summed E-state index contributed by atoms with van der Waals surface area (Å²) in [6.07, 6.45) is 4.72. The van der Waals surface area contributed by atoms with Gasteiger partial charge in [-0.25, -0.2) is 0 Å². The van der Waals surface area contributed by atoms with Crippen molar-refractivity contribution in [1.82, 2.24) is 0 Å². The average molecular weight is 130 g/mol. The molecule has 0 aromatic carbocycles. The minimum Gasteiger partial charge on any atom is -0.298 e. The molecule has 0 amide bonds. The molecule has 0 aromatic rings. The Morgan fingerprint density at radius 1 is 1.75 bits per heavy atom. The zero-order valence-electron chi connectivity index (χ0n) is 5.18. The van der Waals surface area contributed by atoms with E-state index >= 15 is 0 Å². The Balaban J connectivity index is 3.54. The Labute approximate surface area is 54.2 Å². The number of allylic oxidation sites excluding steroid dienone is 1. The molecule has 0 saturated carbocycles. The van der Waals surface area contributed by atoms with Crippen LogP contribution in [0.25, 0.3) is 0 Å². The number of rotatable bonds is 3. The van der Waals surface area contributed by atoms with Crippen LogP contribution < -0.4 is 0 Å². The minimum absolute atomic E-state index is 0.833. The first-order valence-electron chi connectivity index (χ1n) is 2.44. The highest BCUT2D eigenvalue weighted by Crippen LogP contribution is 1.99. The molecule has 2 heteroatoms. The number of aldehydes is 1. The monoisotopic (exact) mass is 130 g/mol. The van der Waals surface area contributed by atoms with Crippen LogP contribution >= 0.6 is 11.8 Å². The molecule has 0 aromatic heterocycles. The van der Waals surface area contributed by atoms with Gasteiger partial charge < -0.3 is 0 Å². The third-order valence-corrected chi connectivity index (χ3v) is 1.46. The fourth-order valence-electron chi connectivity index (χ4n) is 0.352. The van der Waals surface area contributed by atoms with Crippen LogP contribution in [0.4, 0.5) is 0 Å². The van der Waals surface area contributed by atoms with Crippen molar-refractivity contribution >= 4 is 18.0 Å². The quantitative estimate of drug-likeness (QED) is 0.425. The van der Waals surface area contributed by atoms with Gasteiger partial charge in [-0.1, -0.05) is 6.08 Å². The van der Waals surface area contributed by atoms with Gasteiger partial charge in [0.15, 0.2) is 0 Å². The van der Waals surface area contributed by atoms with E-state index in [0.29, 0.717) is 0 Å². The van der Waals surface area contributed by atoms with E-state index in [2.05, 4.69) is 0 Å². The zero-order chi connectivity index (χ0) is 6.41. The summed E-state index contributed by atoms with van der Waals surface area (Å²) in [5, 5.41) is 0. The molecule has 0 bridgehead atoms. The molecule has 0 saturated heterocycles. The van der Waals surface area contributed by atoms with E-state index in [9.17, 15) is 4.79 Å². The highest BCUT2D eigenvalue weighted by atomic mass is 32.2. The van der Waals surface area contributed by atoms with Gasteiger partial charge in [0.1, 0.15) is 6.29 Å². The van der Waals surface area contributed by atoms with Gasteiger partial charge in [-0.3, -0.25) is 4.79 Å². The van der Waals surface area contributed by atoms with Crippen molar-refractivity contribution in [2.75, 3.05) is 12.0 Å². The summed E-state index contributed by atoms with van der Waals surface area (Å²) in [6.45, 7) is 1.87. The second-order valence-corrected chi connectivity index (χ2v) is 2.28. The van der Waals surface area contributed by atoms with E-state index in [4.69, 9.17) is 0 Å². The van der Waals surface area contributed by atoms with Crippen molar-refractivity contribution in [2.45, 2.75) is 6.92 Å². The summed E-state index contributed by atoms with van der Waals surface area (Å²) in [5.74, 6) is 0.833. The Morgan fingerprint density at radius 3 is 2.50 bits per heavy atom. The highest BCUT2D eigenvalue weighted by Gasteiger charge is 1.87. The van der Waals surface area contributed by atoms with Crippen LogP contribution in [0.2, 0.25) is 0 Å². The molecule has 0 N–H and O–H groups in total. The maximum Gasteiger partial charge on any atom is 0.146 e. The van der Waals surface area contributed by atoms with E-state index in [-0.39, 0.29) is 0 Å². The Morgan fingerprint density at radius 2 is 2.38 bits per heavy atom. The molecule has 0 heterocycles. The first-order chi connectivity index (χ1) is 3.85. The average Bonchev–Trinajstić information content (AvgIpc) is 1.83. The first-order valence-corrected chi connectivity index (χ1v) is 3.83. The minimum atomic E-state index is 0.833. The summed E-state index contributed by atoms with van der Waals surface area (Å²) in [7, 11) is 0. The van der Waals surface area contributed by atoms with E-state index in [1.807, 2.05) is 19.3 Å². The predicted molar refractivity (Wildman–Crippen MR) is 38.2 cm³/mol. The van der Waals surface area contributed by atoms with Crippen LogP contribution in [-0.4, -0.2) is 18.3 Å². The predicted octanol–water partition coefficient (Wildman–Crippen LogP) is 1.49. The summed E-state index contributed by atoms with van der Waals surface area (Å²) in [6, 6.07) is 0. The van der Waals surface area contributed by atoms with E-state index < -0.39 is 0 Å².